The maximum Gasteiger partial charge on any atom is 0.203 e. The summed E-state index contributed by atoms with van der Waals surface area (Å²) in [6, 6.07) is 18.0. The van der Waals surface area contributed by atoms with Crippen LogP contribution in [-0.4, -0.2) is 32.1 Å². The molecule has 0 unspecified atom stereocenters. The highest BCUT2D eigenvalue weighted by molar-refractivity contribution is 9.10. The maximum atomic E-state index is 13.6. The number of nitriles is 1. The molecule has 192 valence electrons. The average Bonchev–Trinajstić information content (AvgIpc) is 3.43. The van der Waals surface area contributed by atoms with Crippen molar-refractivity contribution < 1.29 is 19.0 Å². The third-order valence-electron chi connectivity index (χ3n) is 5.50. The summed E-state index contributed by atoms with van der Waals surface area (Å²) in [6.07, 6.45) is 1.53. The zero-order valence-corrected chi connectivity index (χ0v) is 23.7. The lowest BCUT2D eigenvalue weighted by atomic mass is 10.0. The molecule has 0 saturated heterocycles. The maximum absolute atomic E-state index is 13.6. The molecule has 4 rings (SSSR count). The molecule has 10 heteroatoms. The van der Waals surface area contributed by atoms with Crippen molar-refractivity contribution in [3.63, 3.8) is 0 Å². The molecular weight excluding hydrogens is 590 g/mol. The second-order valence-electron chi connectivity index (χ2n) is 7.80. The molecule has 0 aliphatic heterocycles. The van der Waals surface area contributed by atoms with Crippen LogP contribution < -0.4 is 19.5 Å². The standard InChI is InChI=1S/C28H21BrClN3O4S/c1-35-24-10-17(11-25(36-2)27(24)37-3)26(34)21-12-20(30)7-8-22(21)32-14-18(13-31)28-33-23(15-38-28)16-5-4-6-19(29)9-16/h4-12,14-15,32H,1-3H3. The Hall–Kier alpha value is -3.84. The van der Waals surface area contributed by atoms with Crippen LogP contribution in [0.5, 0.6) is 17.2 Å². The molecule has 0 saturated carbocycles. The summed E-state index contributed by atoms with van der Waals surface area (Å²) in [6.45, 7) is 0. The fraction of sp³-hybridized carbons (Fsp3) is 0.107. The van der Waals surface area contributed by atoms with Gasteiger partial charge in [-0.25, -0.2) is 4.98 Å². The van der Waals surface area contributed by atoms with Crippen LogP contribution in [0.25, 0.3) is 16.8 Å². The Balaban J connectivity index is 1.67. The fourth-order valence-corrected chi connectivity index (χ4v) is 5.03. The number of carbonyl (C=O) groups is 1. The minimum absolute atomic E-state index is 0.300. The van der Waals surface area contributed by atoms with Crippen molar-refractivity contribution in [2.24, 2.45) is 0 Å². The van der Waals surface area contributed by atoms with Crippen molar-refractivity contribution in [3.8, 4) is 34.6 Å². The summed E-state index contributed by atoms with van der Waals surface area (Å²) in [7, 11) is 4.45. The number of allylic oxidation sites excluding steroid dienone is 1. The highest BCUT2D eigenvalue weighted by atomic mass is 79.9. The molecule has 4 aromatic rings. The van der Waals surface area contributed by atoms with E-state index in [1.54, 1.807) is 30.3 Å². The van der Waals surface area contributed by atoms with E-state index < -0.39 is 0 Å². The SMILES string of the molecule is COc1cc(C(=O)c2cc(Cl)ccc2NC=C(C#N)c2nc(-c3cccc(Br)c3)cs2)cc(OC)c1OC. The van der Waals surface area contributed by atoms with E-state index in [0.717, 1.165) is 15.7 Å². The van der Waals surface area contributed by atoms with Crippen LogP contribution in [0.2, 0.25) is 5.02 Å². The number of halogens is 2. The third-order valence-corrected chi connectivity index (χ3v) is 7.10. The van der Waals surface area contributed by atoms with Crippen LogP contribution in [0, 0.1) is 11.3 Å². The minimum Gasteiger partial charge on any atom is -0.493 e. The van der Waals surface area contributed by atoms with Crippen molar-refractivity contribution in [2.45, 2.75) is 0 Å². The van der Waals surface area contributed by atoms with Crippen molar-refractivity contribution in [1.82, 2.24) is 4.98 Å². The number of nitrogens with one attached hydrogen (secondary N) is 1. The van der Waals surface area contributed by atoms with Crippen molar-refractivity contribution >= 4 is 55.9 Å². The molecule has 7 nitrogen and oxygen atoms in total. The highest BCUT2D eigenvalue weighted by Crippen LogP contribution is 2.39. The number of aromatic nitrogens is 1. The topological polar surface area (TPSA) is 93.5 Å². The van der Waals surface area contributed by atoms with Gasteiger partial charge in [-0.1, -0.05) is 39.7 Å². The van der Waals surface area contributed by atoms with Crippen molar-refractivity contribution in [1.29, 1.82) is 5.26 Å². The monoisotopic (exact) mass is 609 g/mol. The summed E-state index contributed by atoms with van der Waals surface area (Å²) in [5.74, 6) is 0.752. The van der Waals surface area contributed by atoms with Crippen LogP contribution >= 0.6 is 38.9 Å². The first-order valence-corrected chi connectivity index (χ1v) is 13.2. The number of carbonyl (C=O) groups excluding carboxylic acids is 1. The molecular formula is C28H21BrClN3O4S. The third kappa shape index (κ3) is 5.83. The number of anilines is 1. The fourth-order valence-electron chi connectivity index (χ4n) is 3.67. The Labute approximate surface area is 237 Å². The number of rotatable bonds is 9. The van der Waals surface area contributed by atoms with Gasteiger partial charge in [0.1, 0.15) is 16.6 Å². The second-order valence-corrected chi connectivity index (χ2v) is 10.0. The Morgan fingerprint density at radius 3 is 2.45 bits per heavy atom. The van der Waals surface area contributed by atoms with E-state index in [1.165, 1.54) is 38.9 Å². The first-order valence-electron chi connectivity index (χ1n) is 11.1. The first-order chi connectivity index (χ1) is 18.4. The van der Waals surface area contributed by atoms with Gasteiger partial charge in [-0.2, -0.15) is 5.26 Å². The van der Waals surface area contributed by atoms with Gasteiger partial charge in [0, 0.05) is 43.5 Å². The first kappa shape index (κ1) is 27.2. The van der Waals surface area contributed by atoms with Gasteiger partial charge in [0.15, 0.2) is 17.3 Å². The predicted octanol–water partition coefficient (Wildman–Crippen LogP) is 7.46. The molecule has 1 heterocycles. The molecule has 0 fully saturated rings. The quantitative estimate of drug-likeness (QED) is 0.155. The van der Waals surface area contributed by atoms with Crippen LogP contribution in [-0.2, 0) is 0 Å². The Morgan fingerprint density at radius 2 is 1.82 bits per heavy atom. The average molecular weight is 611 g/mol. The van der Waals surface area contributed by atoms with Crippen molar-refractivity contribution in [2.75, 3.05) is 26.6 Å². The van der Waals surface area contributed by atoms with Gasteiger partial charge in [-0.15, -0.1) is 11.3 Å². The van der Waals surface area contributed by atoms with Gasteiger partial charge in [-0.3, -0.25) is 4.79 Å². The van der Waals surface area contributed by atoms with Gasteiger partial charge >= 0.3 is 0 Å². The molecule has 0 aliphatic rings. The van der Waals surface area contributed by atoms with E-state index in [0.29, 0.717) is 49.7 Å². The number of ketones is 1. The molecule has 0 atom stereocenters. The van der Waals surface area contributed by atoms with E-state index in [1.807, 2.05) is 29.6 Å². The summed E-state index contributed by atoms with van der Waals surface area (Å²) in [5, 5.41) is 15.7. The Bertz CT molecular complexity index is 1550. The van der Waals surface area contributed by atoms with Crippen LogP contribution in [0.15, 0.2) is 70.7 Å². The van der Waals surface area contributed by atoms with Gasteiger partial charge in [0.2, 0.25) is 5.75 Å². The lowest BCUT2D eigenvalue weighted by Crippen LogP contribution is -2.07. The summed E-state index contributed by atoms with van der Waals surface area (Å²) in [5.41, 5.74) is 3.09. The molecule has 38 heavy (non-hydrogen) atoms. The zero-order valence-electron chi connectivity index (χ0n) is 20.5. The number of benzene rings is 3. The molecule has 0 amide bonds. The van der Waals surface area contributed by atoms with E-state index in [-0.39, 0.29) is 5.78 Å². The van der Waals surface area contributed by atoms with Gasteiger partial charge in [0.25, 0.3) is 0 Å². The van der Waals surface area contributed by atoms with Gasteiger partial charge < -0.3 is 19.5 Å². The van der Waals surface area contributed by atoms with Gasteiger partial charge in [0.05, 0.1) is 27.0 Å². The minimum atomic E-state index is -0.327. The molecule has 0 spiro atoms. The number of ether oxygens (including phenoxy) is 3. The predicted molar refractivity (Wildman–Crippen MR) is 153 cm³/mol. The van der Waals surface area contributed by atoms with E-state index in [4.69, 9.17) is 25.8 Å². The Kier molecular flexibility index (Phi) is 8.69. The molecule has 3 aromatic carbocycles. The van der Waals surface area contributed by atoms with Crippen LogP contribution in [0.1, 0.15) is 20.9 Å². The summed E-state index contributed by atoms with van der Waals surface area (Å²) in [4.78, 5) is 18.2. The smallest absolute Gasteiger partial charge is 0.203 e. The number of nitrogens with zero attached hydrogens (tertiary/aromatic N) is 2. The lowest BCUT2D eigenvalue weighted by Gasteiger charge is -2.15. The molecule has 1 aromatic heterocycles. The summed E-state index contributed by atoms with van der Waals surface area (Å²) >= 11 is 11.1. The lowest BCUT2D eigenvalue weighted by molar-refractivity contribution is 0.103. The van der Waals surface area contributed by atoms with Crippen LogP contribution in [0.3, 0.4) is 0 Å². The number of hydrogen-bond donors (Lipinski definition) is 1. The Morgan fingerprint density at radius 1 is 1.08 bits per heavy atom. The summed E-state index contributed by atoms with van der Waals surface area (Å²) < 4.78 is 17.1. The zero-order chi connectivity index (χ0) is 27.2. The number of thiazole rings is 1. The normalized spacial score (nSPS) is 11.0. The second kappa shape index (κ2) is 12.1. The number of hydrogen-bond acceptors (Lipinski definition) is 8. The largest absolute Gasteiger partial charge is 0.493 e. The van der Waals surface area contributed by atoms with Gasteiger partial charge in [-0.05, 0) is 42.5 Å². The van der Waals surface area contributed by atoms with Crippen molar-refractivity contribution in [3.05, 3.63) is 91.8 Å². The van der Waals surface area contributed by atoms with E-state index in [9.17, 15) is 10.1 Å². The molecule has 0 radical (unpaired) electrons. The number of methoxy groups -OCH3 is 3. The van der Waals surface area contributed by atoms with E-state index >= 15 is 0 Å². The molecule has 1 N–H and O–H groups in total. The molecule has 0 bridgehead atoms. The van der Waals surface area contributed by atoms with Crippen LogP contribution in [0.4, 0.5) is 5.69 Å². The molecule has 0 aliphatic carbocycles. The highest BCUT2D eigenvalue weighted by Gasteiger charge is 2.20. The van der Waals surface area contributed by atoms with E-state index in [2.05, 4.69) is 32.3 Å².